The fourth-order valence-corrected chi connectivity index (χ4v) is 2.20. The number of nitrogens with two attached hydrogens (primary N) is 1. The molecule has 2 rings (SSSR count). The van der Waals surface area contributed by atoms with Crippen LogP contribution < -0.4 is 5.73 Å². The van der Waals surface area contributed by atoms with Crippen LogP contribution in [0.5, 0.6) is 0 Å². The number of rotatable bonds is 3. The summed E-state index contributed by atoms with van der Waals surface area (Å²) in [6.07, 6.45) is 2.19. The van der Waals surface area contributed by atoms with Gasteiger partial charge in [0.1, 0.15) is 5.67 Å². The van der Waals surface area contributed by atoms with Crippen molar-refractivity contribution >= 4 is 0 Å². The summed E-state index contributed by atoms with van der Waals surface area (Å²) in [5.74, 6) is 0. The zero-order chi connectivity index (χ0) is 11.1. The van der Waals surface area contributed by atoms with Gasteiger partial charge >= 0.3 is 0 Å². The fourth-order valence-electron chi connectivity index (χ4n) is 2.20. The second-order valence-electron chi connectivity index (χ2n) is 5.00. The summed E-state index contributed by atoms with van der Waals surface area (Å²) in [6, 6.07) is 7.77. The molecule has 0 unspecified atom stereocenters. The van der Waals surface area contributed by atoms with E-state index in [1.807, 2.05) is 24.3 Å². The Morgan fingerprint density at radius 2 is 1.93 bits per heavy atom. The van der Waals surface area contributed by atoms with Crippen molar-refractivity contribution < 1.29 is 4.39 Å². The van der Waals surface area contributed by atoms with Gasteiger partial charge in [-0.2, -0.15) is 0 Å². The van der Waals surface area contributed by atoms with Crippen LogP contribution in [-0.2, 0) is 11.1 Å². The van der Waals surface area contributed by atoms with Crippen LogP contribution in [0.3, 0.4) is 0 Å². The minimum atomic E-state index is -1.28. The normalized spacial score (nSPS) is 18.9. The molecule has 0 amide bonds. The Hall–Kier alpha value is -0.890. The summed E-state index contributed by atoms with van der Waals surface area (Å²) in [6.45, 7) is 3.84. The Kier molecular flexibility index (Phi) is 2.34. The smallest absolute Gasteiger partial charge is 0.130 e. The van der Waals surface area contributed by atoms with Crippen LogP contribution in [0.25, 0.3) is 0 Å². The van der Waals surface area contributed by atoms with E-state index in [9.17, 15) is 4.39 Å². The number of hydrogen-bond donors (Lipinski definition) is 1. The molecule has 1 saturated carbocycles. The molecule has 1 aliphatic carbocycles. The van der Waals surface area contributed by atoms with E-state index >= 15 is 0 Å². The molecule has 82 valence electrons. The molecule has 1 aromatic rings. The first-order valence-corrected chi connectivity index (χ1v) is 5.49. The summed E-state index contributed by atoms with van der Waals surface area (Å²) < 4.78 is 14.0. The molecule has 0 aliphatic heterocycles. The van der Waals surface area contributed by atoms with E-state index in [2.05, 4.69) is 0 Å². The molecular formula is C13H18FN. The lowest BCUT2D eigenvalue weighted by atomic mass is 9.85. The number of alkyl halides is 1. The molecule has 2 N–H and O–H groups in total. The van der Waals surface area contributed by atoms with Gasteiger partial charge in [-0.3, -0.25) is 0 Å². The molecule has 0 atom stereocenters. The zero-order valence-corrected chi connectivity index (χ0v) is 9.39. The average molecular weight is 207 g/mol. The van der Waals surface area contributed by atoms with E-state index in [0.717, 1.165) is 24.0 Å². The Morgan fingerprint density at radius 3 is 2.40 bits per heavy atom. The zero-order valence-electron chi connectivity index (χ0n) is 9.39. The molecule has 0 bridgehead atoms. The summed E-state index contributed by atoms with van der Waals surface area (Å²) in [5, 5.41) is 0. The molecule has 0 heterocycles. The van der Waals surface area contributed by atoms with Gasteiger partial charge in [0.25, 0.3) is 0 Å². The van der Waals surface area contributed by atoms with Crippen LogP contribution in [0, 0.1) is 0 Å². The van der Waals surface area contributed by atoms with Crippen molar-refractivity contribution in [2.75, 3.05) is 6.54 Å². The maximum atomic E-state index is 14.0. The molecule has 0 aromatic heterocycles. The van der Waals surface area contributed by atoms with Crippen LogP contribution in [-0.4, -0.2) is 6.54 Å². The minimum absolute atomic E-state index is 0.0694. The average Bonchev–Trinajstić information content (AvgIpc) is 2.97. The maximum absolute atomic E-state index is 14.0. The third kappa shape index (κ3) is 1.78. The van der Waals surface area contributed by atoms with Crippen LogP contribution in [0.4, 0.5) is 4.39 Å². The van der Waals surface area contributed by atoms with Crippen molar-refractivity contribution in [3.8, 4) is 0 Å². The minimum Gasteiger partial charge on any atom is -0.330 e. The van der Waals surface area contributed by atoms with Crippen molar-refractivity contribution in [2.45, 2.75) is 37.8 Å². The third-order valence-electron chi connectivity index (χ3n) is 3.38. The highest BCUT2D eigenvalue weighted by atomic mass is 19.1. The molecule has 0 radical (unpaired) electrons. The molecule has 1 aliphatic rings. The lowest BCUT2D eigenvalue weighted by Gasteiger charge is -2.23. The molecule has 15 heavy (non-hydrogen) atoms. The van der Waals surface area contributed by atoms with E-state index in [1.54, 1.807) is 13.8 Å². The van der Waals surface area contributed by atoms with Gasteiger partial charge in [-0.1, -0.05) is 24.3 Å². The van der Waals surface area contributed by atoms with E-state index in [4.69, 9.17) is 5.73 Å². The van der Waals surface area contributed by atoms with Crippen molar-refractivity contribution in [1.29, 1.82) is 0 Å². The van der Waals surface area contributed by atoms with Gasteiger partial charge in [-0.15, -0.1) is 0 Å². The summed E-state index contributed by atoms with van der Waals surface area (Å²) in [7, 11) is 0. The molecule has 2 heteroatoms. The molecule has 0 saturated heterocycles. The molecular weight excluding hydrogens is 189 g/mol. The molecule has 1 nitrogen and oxygen atoms in total. The Labute approximate surface area is 90.5 Å². The molecule has 1 aromatic carbocycles. The van der Waals surface area contributed by atoms with E-state index in [0.29, 0.717) is 6.54 Å². The molecule has 0 spiro atoms. The predicted molar refractivity (Wildman–Crippen MR) is 60.5 cm³/mol. The highest BCUT2D eigenvalue weighted by molar-refractivity contribution is 5.41. The summed E-state index contributed by atoms with van der Waals surface area (Å²) in [5.41, 5.74) is 6.49. The third-order valence-corrected chi connectivity index (χ3v) is 3.38. The van der Waals surface area contributed by atoms with Gasteiger partial charge in [0.2, 0.25) is 0 Å². The van der Waals surface area contributed by atoms with Crippen molar-refractivity contribution in [3.05, 3.63) is 35.4 Å². The van der Waals surface area contributed by atoms with Crippen molar-refractivity contribution in [1.82, 2.24) is 0 Å². The topological polar surface area (TPSA) is 26.0 Å². The van der Waals surface area contributed by atoms with Gasteiger partial charge in [-0.05, 0) is 37.8 Å². The van der Waals surface area contributed by atoms with E-state index in [-0.39, 0.29) is 5.41 Å². The van der Waals surface area contributed by atoms with Gasteiger partial charge in [0.15, 0.2) is 0 Å². The second-order valence-corrected chi connectivity index (χ2v) is 5.00. The first kappa shape index (κ1) is 10.6. The number of benzene rings is 1. The standard InChI is InChI=1S/C13H18FN/c1-12(2,14)10-5-3-4-6-11(10)13(9-15)7-8-13/h3-6H,7-9,15H2,1-2H3. The van der Waals surface area contributed by atoms with Crippen LogP contribution in [0.1, 0.15) is 37.8 Å². The van der Waals surface area contributed by atoms with Crippen molar-refractivity contribution in [2.24, 2.45) is 5.73 Å². The lowest BCUT2D eigenvalue weighted by Crippen LogP contribution is -2.24. The Balaban J connectivity index is 2.48. The quantitative estimate of drug-likeness (QED) is 0.810. The van der Waals surface area contributed by atoms with Gasteiger partial charge in [-0.25, -0.2) is 4.39 Å². The fraction of sp³-hybridized carbons (Fsp3) is 0.538. The summed E-state index contributed by atoms with van der Waals surface area (Å²) >= 11 is 0. The molecule has 1 fully saturated rings. The number of halogens is 1. The van der Waals surface area contributed by atoms with E-state index in [1.165, 1.54) is 0 Å². The van der Waals surface area contributed by atoms with Crippen LogP contribution in [0.15, 0.2) is 24.3 Å². The highest BCUT2D eigenvalue weighted by Crippen LogP contribution is 2.50. The van der Waals surface area contributed by atoms with Gasteiger partial charge in [0, 0.05) is 12.0 Å². The van der Waals surface area contributed by atoms with E-state index < -0.39 is 5.67 Å². The SMILES string of the molecule is CC(C)(F)c1ccccc1C1(CN)CC1. The predicted octanol–water partition coefficient (Wildman–Crippen LogP) is 2.88. The first-order valence-electron chi connectivity index (χ1n) is 5.49. The van der Waals surface area contributed by atoms with Gasteiger partial charge in [0.05, 0.1) is 0 Å². The summed E-state index contributed by atoms with van der Waals surface area (Å²) in [4.78, 5) is 0. The second kappa shape index (κ2) is 3.31. The van der Waals surface area contributed by atoms with Crippen molar-refractivity contribution in [3.63, 3.8) is 0 Å². The number of hydrogen-bond acceptors (Lipinski definition) is 1. The van der Waals surface area contributed by atoms with Gasteiger partial charge < -0.3 is 5.73 Å². The Morgan fingerprint density at radius 1 is 1.33 bits per heavy atom. The lowest BCUT2D eigenvalue weighted by molar-refractivity contribution is 0.218. The first-order chi connectivity index (χ1) is 6.99. The van der Waals surface area contributed by atoms with Crippen LogP contribution >= 0.6 is 0 Å². The Bertz CT molecular complexity index is 361. The largest absolute Gasteiger partial charge is 0.330 e. The maximum Gasteiger partial charge on any atom is 0.130 e. The monoisotopic (exact) mass is 207 g/mol. The highest BCUT2D eigenvalue weighted by Gasteiger charge is 2.45. The van der Waals surface area contributed by atoms with Crippen LogP contribution in [0.2, 0.25) is 0 Å².